The Balaban J connectivity index is 1.84. The molecule has 1 aliphatic heterocycles. The minimum absolute atomic E-state index is 0.0429. The van der Waals surface area contributed by atoms with Crippen LogP contribution in [0.2, 0.25) is 0 Å². The van der Waals surface area contributed by atoms with E-state index in [1.165, 1.54) is 11.8 Å². The van der Waals surface area contributed by atoms with Gasteiger partial charge in [-0.25, -0.2) is 0 Å². The second kappa shape index (κ2) is 9.12. The van der Waals surface area contributed by atoms with Crippen molar-refractivity contribution in [2.75, 3.05) is 10.2 Å². The van der Waals surface area contributed by atoms with Crippen LogP contribution in [0.5, 0.6) is 0 Å². The number of ketones is 1. The molecule has 4 rings (SSSR count). The van der Waals surface area contributed by atoms with Gasteiger partial charge in [-0.1, -0.05) is 61.5 Å². The molecule has 3 aromatic rings. The van der Waals surface area contributed by atoms with Gasteiger partial charge in [-0.2, -0.15) is 0 Å². The van der Waals surface area contributed by atoms with Crippen LogP contribution >= 0.6 is 0 Å². The summed E-state index contributed by atoms with van der Waals surface area (Å²) in [5, 5.41) is 13.8. The van der Waals surface area contributed by atoms with E-state index in [9.17, 15) is 19.5 Å². The monoisotopic (exact) mass is 440 g/mol. The van der Waals surface area contributed by atoms with Gasteiger partial charge in [0.05, 0.1) is 11.6 Å². The summed E-state index contributed by atoms with van der Waals surface area (Å²) in [6.45, 7) is 3.45. The van der Waals surface area contributed by atoms with Crippen LogP contribution in [0, 0.1) is 0 Å². The van der Waals surface area contributed by atoms with Gasteiger partial charge in [0, 0.05) is 23.9 Å². The molecular formula is C27H24N2O4. The Hall–Kier alpha value is -4.19. The number of nitrogens with one attached hydrogen (secondary N) is 1. The molecule has 3 aromatic carbocycles. The van der Waals surface area contributed by atoms with E-state index in [0.29, 0.717) is 22.5 Å². The number of aliphatic hydroxyl groups excluding tert-OH is 1. The lowest BCUT2D eigenvalue weighted by Crippen LogP contribution is -2.29. The summed E-state index contributed by atoms with van der Waals surface area (Å²) in [6.07, 6.45) is 0.851. The molecule has 2 amide bonds. The van der Waals surface area contributed by atoms with E-state index in [1.807, 2.05) is 49.4 Å². The van der Waals surface area contributed by atoms with Gasteiger partial charge in [0.2, 0.25) is 5.91 Å². The molecule has 1 fully saturated rings. The minimum Gasteiger partial charge on any atom is -0.507 e. The fourth-order valence-electron chi connectivity index (χ4n) is 4.01. The highest BCUT2D eigenvalue weighted by Gasteiger charge is 2.46. The predicted octanol–water partition coefficient (Wildman–Crippen LogP) is 4.83. The van der Waals surface area contributed by atoms with Crippen molar-refractivity contribution in [1.82, 2.24) is 0 Å². The maximum atomic E-state index is 13.2. The Bertz CT molecular complexity index is 1230. The third-order valence-corrected chi connectivity index (χ3v) is 5.66. The van der Waals surface area contributed by atoms with Crippen molar-refractivity contribution in [2.45, 2.75) is 26.3 Å². The van der Waals surface area contributed by atoms with E-state index in [0.717, 1.165) is 12.0 Å². The number of amides is 2. The third kappa shape index (κ3) is 4.28. The van der Waals surface area contributed by atoms with Crippen molar-refractivity contribution in [3.63, 3.8) is 0 Å². The van der Waals surface area contributed by atoms with Crippen LogP contribution in [-0.4, -0.2) is 22.7 Å². The molecule has 1 atom stereocenters. The van der Waals surface area contributed by atoms with Crippen LogP contribution in [0.25, 0.3) is 5.76 Å². The first-order valence-corrected chi connectivity index (χ1v) is 10.7. The number of aryl methyl sites for hydroxylation is 1. The zero-order valence-electron chi connectivity index (χ0n) is 18.4. The molecule has 0 bridgehead atoms. The van der Waals surface area contributed by atoms with Crippen LogP contribution in [0.3, 0.4) is 0 Å². The third-order valence-electron chi connectivity index (χ3n) is 5.66. The molecule has 1 aliphatic rings. The summed E-state index contributed by atoms with van der Waals surface area (Å²) in [5.41, 5.74) is 3.39. The van der Waals surface area contributed by atoms with E-state index in [4.69, 9.17) is 0 Å². The highest BCUT2D eigenvalue weighted by molar-refractivity contribution is 6.51. The minimum atomic E-state index is -0.788. The topological polar surface area (TPSA) is 86.7 Å². The van der Waals surface area contributed by atoms with Crippen LogP contribution in [-0.2, 0) is 20.8 Å². The van der Waals surface area contributed by atoms with Crippen molar-refractivity contribution < 1.29 is 19.5 Å². The van der Waals surface area contributed by atoms with E-state index >= 15 is 0 Å². The van der Waals surface area contributed by atoms with Gasteiger partial charge in [0.25, 0.3) is 11.7 Å². The van der Waals surface area contributed by atoms with Gasteiger partial charge < -0.3 is 10.4 Å². The molecule has 6 nitrogen and oxygen atoms in total. The smallest absolute Gasteiger partial charge is 0.300 e. The van der Waals surface area contributed by atoms with Crippen molar-refractivity contribution in [3.05, 3.63) is 101 Å². The summed E-state index contributed by atoms with van der Waals surface area (Å²) in [5.74, 6) is -1.88. The van der Waals surface area contributed by atoms with Gasteiger partial charge in [0.1, 0.15) is 5.76 Å². The molecule has 0 spiro atoms. The largest absolute Gasteiger partial charge is 0.507 e. The molecule has 2 N–H and O–H groups in total. The van der Waals surface area contributed by atoms with Gasteiger partial charge >= 0.3 is 0 Å². The Kier molecular flexibility index (Phi) is 6.09. The zero-order chi connectivity index (χ0) is 23.5. The summed E-state index contributed by atoms with van der Waals surface area (Å²) >= 11 is 0. The summed E-state index contributed by atoms with van der Waals surface area (Å²) < 4.78 is 0. The average Bonchev–Trinajstić information content (AvgIpc) is 3.10. The van der Waals surface area contributed by atoms with Crippen molar-refractivity contribution in [1.29, 1.82) is 0 Å². The lowest BCUT2D eigenvalue weighted by atomic mass is 9.95. The van der Waals surface area contributed by atoms with Gasteiger partial charge in [-0.3, -0.25) is 19.3 Å². The zero-order valence-corrected chi connectivity index (χ0v) is 18.4. The second-order valence-electron chi connectivity index (χ2n) is 7.86. The number of carbonyl (C=O) groups is 3. The number of nitrogens with zero attached hydrogens (tertiary/aromatic N) is 1. The highest BCUT2D eigenvalue weighted by Crippen LogP contribution is 2.42. The SMILES string of the molecule is CCc1ccc(/C(O)=C2\C(=O)C(=O)N(c3ccc(NC(C)=O)cc3)C2c2ccccc2)cc1. The van der Waals surface area contributed by atoms with Crippen molar-refractivity contribution in [2.24, 2.45) is 0 Å². The highest BCUT2D eigenvalue weighted by atomic mass is 16.3. The Labute approximate surface area is 192 Å². The molecule has 0 aromatic heterocycles. The molecule has 1 heterocycles. The summed E-state index contributed by atoms with van der Waals surface area (Å²) in [6, 6.07) is 22.3. The molecule has 1 unspecified atom stereocenters. The molecule has 0 saturated carbocycles. The van der Waals surface area contributed by atoms with Crippen LogP contribution in [0.4, 0.5) is 11.4 Å². The fraction of sp³-hybridized carbons (Fsp3) is 0.148. The first kappa shape index (κ1) is 22.0. The molecule has 33 heavy (non-hydrogen) atoms. The number of rotatable bonds is 5. The van der Waals surface area contributed by atoms with Crippen LogP contribution < -0.4 is 10.2 Å². The standard InChI is InChI=1S/C27H24N2O4/c1-3-18-9-11-20(12-10-18)25(31)23-24(19-7-5-4-6-8-19)29(27(33)26(23)32)22-15-13-21(14-16-22)28-17(2)30/h4-16,24,31H,3H2,1-2H3,(H,28,30)/b25-23+. The molecule has 166 valence electrons. The first-order chi connectivity index (χ1) is 15.9. The fourth-order valence-corrected chi connectivity index (χ4v) is 4.01. The number of hydrogen-bond acceptors (Lipinski definition) is 4. The van der Waals surface area contributed by atoms with E-state index < -0.39 is 17.7 Å². The van der Waals surface area contributed by atoms with Gasteiger partial charge in [0.15, 0.2) is 0 Å². The molecular weight excluding hydrogens is 416 g/mol. The first-order valence-electron chi connectivity index (χ1n) is 10.7. The van der Waals surface area contributed by atoms with Gasteiger partial charge in [-0.05, 0) is 41.8 Å². The number of anilines is 2. The quantitative estimate of drug-likeness (QED) is 0.338. The summed E-state index contributed by atoms with van der Waals surface area (Å²) in [4.78, 5) is 39.0. The number of aliphatic hydroxyl groups is 1. The Morgan fingerprint density at radius 3 is 2.15 bits per heavy atom. The number of hydrogen-bond donors (Lipinski definition) is 2. The maximum absolute atomic E-state index is 13.2. The van der Waals surface area contributed by atoms with Crippen molar-refractivity contribution in [3.8, 4) is 0 Å². The number of benzene rings is 3. The number of Topliss-reactive ketones (excluding diaryl/α,β-unsaturated/α-hetero) is 1. The molecule has 0 radical (unpaired) electrons. The lowest BCUT2D eigenvalue weighted by molar-refractivity contribution is -0.132. The van der Waals surface area contributed by atoms with E-state index in [-0.39, 0.29) is 17.2 Å². The summed E-state index contributed by atoms with van der Waals surface area (Å²) in [7, 11) is 0. The van der Waals surface area contributed by atoms with E-state index in [2.05, 4.69) is 5.32 Å². The Morgan fingerprint density at radius 1 is 0.939 bits per heavy atom. The molecule has 0 aliphatic carbocycles. The Morgan fingerprint density at radius 2 is 1.58 bits per heavy atom. The second-order valence-corrected chi connectivity index (χ2v) is 7.86. The van der Waals surface area contributed by atoms with Crippen molar-refractivity contribution >= 4 is 34.7 Å². The lowest BCUT2D eigenvalue weighted by Gasteiger charge is -2.25. The molecule has 1 saturated heterocycles. The predicted molar refractivity (Wildman–Crippen MR) is 128 cm³/mol. The van der Waals surface area contributed by atoms with Crippen LogP contribution in [0.1, 0.15) is 36.6 Å². The molecule has 6 heteroatoms. The van der Waals surface area contributed by atoms with Gasteiger partial charge in [-0.15, -0.1) is 0 Å². The van der Waals surface area contributed by atoms with Crippen LogP contribution in [0.15, 0.2) is 84.4 Å². The maximum Gasteiger partial charge on any atom is 0.300 e. The van der Waals surface area contributed by atoms with E-state index in [1.54, 1.807) is 36.4 Å². The number of carbonyl (C=O) groups excluding carboxylic acids is 3. The average molecular weight is 440 g/mol. The normalized spacial score (nSPS) is 17.3.